The Hall–Kier alpha value is -2.55. The van der Waals surface area contributed by atoms with Gasteiger partial charge in [0.2, 0.25) is 0 Å². The van der Waals surface area contributed by atoms with Crippen LogP contribution < -0.4 is 5.32 Å². The lowest BCUT2D eigenvalue weighted by Crippen LogP contribution is -2.59. The molecule has 1 N–H and O–H groups in total. The molecule has 1 unspecified atom stereocenters. The fourth-order valence-electron chi connectivity index (χ4n) is 3.52. The van der Waals surface area contributed by atoms with Crippen molar-refractivity contribution in [3.05, 3.63) is 17.5 Å². The summed E-state index contributed by atoms with van der Waals surface area (Å²) < 4.78 is 3.03. The van der Waals surface area contributed by atoms with E-state index in [1.165, 1.54) is 11.6 Å². The molecule has 0 aromatic carbocycles. The van der Waals surface area contributed by atoms with Gasteiger partial charge in [0, 0.05) is 26.2 Å². The maximum Gasteiger partial charge on any atom is 0.500 e. The summed E-state index contributed by atoms with van der Waals surface area (Å²) in [6, 6.07) is 1.08. The molecule has 0 spiro atoms. The number of rotatable bonds is 3. The van der Waals surface area contributed by atoms with Gasteiger partial charge in [-0.25, -0.2) is 9.37 Å². The third kappa shape index (κ3) is 3.39. The van der Waals surface area contributed by atoms with Crippen LogP contribution in [-0.4, -0.2) is 87.5 Å². The van der Waals surface area contributed by atoms with E-state index < -0.39 is 6.04 Å². The van der Waals surface area contributed by atoms with Gasteiger partial charge in [-0.15, -0.1) is 0 Å². The number of hydrogen-bond acceptors (Lipinski definition) is 5. The third-order valence-corrected chi connectivity index (χ3v) is 5.03. The summed E-state index contributed by atoms with van der Waals surface area (Å²) in [5, 5.41) is 7.25. The fourth-order valence-corrected chi connectivity index (χ4v) is 3.52. The van der Waals surface area contributed by atoms with Gasteiger partial charge in [0.1, 0.15) is 11.9 Å². The largest absolute Gasteiger partial charge is 0.500 e. The van der Waals surface area contributed by atoms with Gasteiger partial charge in [-0.3, -0.25) is 14.4 Å². The van der Waals surface area contributed by atoms with Crippen molar-refractivity contribution in [2.45, 2.75) is 31.8 Å². The van der Waals surface area contributed by atoms with Crippen LogP contribution in [-0.2, 0) is 11.8 Å². The number of amides is 4. The molecule has 4 amide bonds. The van der Waals surface area contributed by atoms with Crippen molar-refractivity contribution in [3.63, 3.8) is 0 Å². The van der Waals surface area contributed by atoms with E-state index in [4.69, 9.17) is 0 Å². The summed E-state index contributed by atoms with van der Waals surface area (Å²) in [5.41, 5.74) is 1.35. The third-order valence-electron chi connectivity index (χ3n) is 5.03. The quantitative estimate of drug-likeness (QED) is 0.740. The van der Waals surface area contributed by atoms with Gasteiger partial charge < -0.3 is 5.32 Å². The molecule has 26 heavy (non-hydrogen) atoms. The molecule has 1 atom stereocenters. The Kier molecular flexibility index (Phi) is 4.90. The van der Waals surface area contributed by atoms with Crippen molar-refractivity contribution in [2.24, 2.45) is 7.05 Å². The van der Waals surface area contributed by atoms with Crippen LogP contribution in [0.5, 0.6) is 0 Å². The zero-order valence-electron chi connectivity index (χ0n) is 15.6. The monoisotopic (exact) mass is 361 g/mol. The first-order valence-corrected chi connectivity index (χ1v) is 8.73. The summed E-state index contributed by atoms with van der Waals surface area (Å²) >= 11 is 0. The van der Waals surface area contributed by atoms with E-state index in [-0.39, 0.29) is 23.9 Å². The lowest BCUT2D eigenvalue weighted by atomic mass is 10.0. The molecule has 140 valence electrons. The van der Waals surface area contributed by atoms with E-state index in [0.717, 1.165) is 23.4 Å². The number of hydrogen-bond donors (Lipinski definition) is 1. The number of imide groups is 1. The van der Waals surface area contributed by atoms with Crippen LogP contribution in [0, 0.1) is 6.92 Å². The van der Waals surface area contributed by atoms with Gasteiger partial charge >= 0.3 is 11.9 Å². The zero-order chi connectivity index (χ0) is 19.0. The van der Waals surface area contributed by atoms with Gasteiger partial charge in [0.05, 0.1) is 19.8 Å². The minimum Gasteiger partial charge on any atom is -0.348 e. The number of urea groups is 1. The highest BCUT2D eigenvalue weighted by Gasteiger charge is 2.42. The molecule has 1 fully saturated rings. The molecule has 9 nitrogen and oxygen atoms in total. The first-order chi connectivity index (χ1) is 12.3. The molecule has 0 aliphatic carbocycles. The Balaban J connectivity index is 1.59. The zero-order valence-corrected chi connectivity index (χ0v) is 15.6. The van der Waals surface area contributed by atoms with E-state index in [9.17, 15) is 14.4 Å². The summed E-state index contributed by atoms with van der Waals surface area (Å²) in [5.74, 6) is -0.335. The SMILES string of the molecule is Cc1cc(C(=O)NC2CCN(C3C=[N+](C)C(=O)N(C)C3=O)CC2)n(C)n1. The molecular formula is C17H25N6O3+. The number of likely N-dealkylation sites (N-methyl/N-ethyl adjacent to an activating group) is 1. The number of likely N-dealkylation sites (tertiary alicyclic amines) is 1. The molecule has 3 heterocycles. The van der Waals surface area contributed by atoms with Crippen LogP contribution in [0.15, 0.2) is 6.07 Å². The van der Waals surface area contributed by atoms with Gasteiger partial charge in [0.15, 0.2) is 6.04 Å². The minimum atomic E-state index is -0.431. The smallest absolute Gasteiger partial charge is 0.348 e. The number of aromatic nitrogens is 2. The van der Waals surface area contributed by atoms with Gasteiger partial charge in [0.25, 0.3) is 5.91 Å². The van der Waals surface area contributed by atoms with Crippen LogP contribution >= 0.6 is 0 Å². The minimum absolute atomic E-state index is 0.0599. The van der Waals surface area contributed by atoms with Crippen molar-refractivity contribution < 1.29 is 19.0 Å². The Labute approximate surface area is 152 Å². The van der Waals surface area contributed by atoms with Gasteiger partial charge in [-0.1, -0.05) is 0 Å². The predicted octanol–water partition coefficient (Wildman–Crippen LogP) is -0.404. The first kappa shape index (κ1) is 18.2. The van der Waals surface area contributed by atoms with Gasteiger partial charge in [-0.2, -0.15) is 14.8 Å². The van der Waals surface area contributed by atoms with Crippen LogP contribution in [0.2, 0.25) is 0 Å². The summed E-state index contributed by atoms with van der Waals surface area (Å²) in [7, 11) is 4.91. The number of piperidine rings is 1. The van der Waals surface area contributed by atoms with E-state index in [1.54, 1.807) is 31.1 Å². The standard InChI is InChI=1S/C17H24N6O3/c1-11-9-13(22(4)19-11)15(24)18-12-5-7-23(8-6-12)14-10-20(2)17(26)21(3)16(14)25/h9-10,12,14H,5-8H2,1-4H3/p+1. The van der Waals surface area contributed by atoms with E-state index in [2.05, 4.69) is 15.3 Å². The molecule has 1 saturated heterocycles. The normalized spacial score (nSPS) is 22.5. The first-order valence-electron chi connectivity index (χ1n) is 8.73. The number of nitrogens with zero attached hydrogens (tertiary/aromatic N) is 5. The topological polar surface area (TPSA) is 90.5 Å². The molecule has 2 aliphatic rings. The van der Waals surface area contributed by atoms with Crippen molar-refractivity contribution >= 4 is 24.1 Å². The average Bonchev–Trinajstić information content (AvgIpc) is 2.95. The van der Waals surface area contributed by atoms with Crippen LogP contribution in [0.3, 0.4) is 0 Å². The maximum atomic E-state index is 12.4. The van der Waals surface area contributed by atoms with Crippen LogP contribution in [0.4, 0.5) is 4.79 Å². The fraction of sp³-hybridized carbons (Fsp3) is 0.588. The molecular weight excluding hydrogens is 336 g/mol. The van der Waals surface area contributed by atoms with E-state index >= 15 is 0 Å². The number of carbonyl (C=O) groups excluding carboxylic acids is 3. The second-order valence-electron chi connectivity index (χ2n) is 6.96. The molecule has 0 saturated carbocycles. The molecule has 3 rings (SSSR count). The Morgan fingerprint density at radius 2 is 1.92 bits per heavy atom. The lowest BCUT2D eigenvalue weighted by Gasteiger charge is -2.36. The average molecular weight is 361 g/mol. The highest BCUT2D eigenvalue weighted by Crippen LogP contribution is 2.16. The highest BCUT2D eigenvalue weighted by molar-refractivity contribution is 6.06. The Bertz CT molecular complexity index is 775. The Morgan fingerprint density at radius 1 is 1.27 bits per heavy atom. The summed E-state index contributed by atoms with van der Waals surface area (Å²) in [6.45, 7) is 3.21. The second kappa shape index (κ2) is 6.99. The molecule has 9 heteroatoms. The summed E-state index contributed by atoms with van der Waals surface area (Å²) in [4.78, 5) is 39.8. The Morgan fingerprint density at radius 3 is 2.50 bits per heavy atom. The van der Waals surface area contributed by atoms with Crippen molar-refractivity contribution in [3.8, 4) is 0 Å². The van der Waals surface area contributed by atoms with Crippen LogP contribution in [0.1, 0.15) is 29.0 Å². The van der Waals surface area contributed by atoms with Crippen LogP contribution in [0.25, 0.3) is 0 Å². The van der Waals surface area contributed by atoms with Gasteiger partial charge in [-0.05, 0) is 25.8 Å². The second-order valence-corrected chi connectivity index (χ2v) is 6.96. The van der Waals surface area contributed by atoms with Crippen molar-refractivity contribution in [1.29, 1.82) is 0 Å². The number of carbonyl (C=O) groups is 3. The molecule has 0 radical (unpaired) electrons. The molecule has 2 aliphatic heterocycles. The lowest BCUT2D eigenvalue weighted by molar-refractivity contribution is -0.401. The summed E-state index contributed by atoms with van der Waals surface area (Å²) in [6.07, 6.45) is 3.17. The number of aryl methyl sites for hydroxylation is 2. The molecule has 0 bridgehead atoms. The molecule has 1 aromatic rings. The number of nitrogens with one attached hydrogen (secondary N) is 1. The van der Waals surface area contributed by atoms with E-state index in [0.29, 0.717) is 18.8 Å². The predicted molar refractivity (Wildman–Crippen MR) is 94.2 cm³/mol. The van der Waals surface area contributed by atoms with Crippen molar-refractivity contribution in [1.82, 2.24) is 24.9 Å². The maximum absolute atomic E-state index is 12.4. The van der Waals surface area contributed by atoms with Crippen molar-refractivity contribution in [2.75, 3.05) is 27.2 Å². The highest BCUT2D eigenvalue weighted by atomic mass is 16.2. The molecule has 1 aromatic heterocycles. The van der Waals surface area contributed by atoms with E-state index in [1.807, 2.05) is 6.92 Å².